The topological polar surface area (TPSA) is 12.0 Å². The van der Waals surface area contributed by atoms with Gasteiger partial charge >= 0.3 is 0 Å². The Labute approximate surface area is 134 Å². The predicted molar refractivity (Wildman–Crippen MR) is 93.6 cm³/mol. The first-order valence-electron chi connectivity index (χ1n) is 7.25. The lowest BCUT2D eigenvalue weighted by molar-refractivity contribution is 0.631. The first kappa shape index (κ1) is 14.3. The molecule has 0 radical (unpaired) electrons. The molecule has 2 heteroatoms. The van der Waals surface area contributed by atoms with E-state index < -0.39 is 0 Å². The van der Waals surface area contributed by atoms with Crippen molar-refractivity contribution in [2.24, 2.45) is 0 Å². The summed E-state index contributed by atoms with van der Waals surface area (Å²) in [4.78, 5) is 0. The number of hydrogen-bond donors (Lipinski definition) is 1. The third kappa shape index (κ3) is 3.17. The van der Waals surface area contributed by atoms with Crippen LogP contribution in [0.4, 0.5) is 0 Å². The van der Waals surface area contributed by atoms with Crippen LogP contribution in [0.2, 0.25) is 0 Å². The zero-order valence-electron chi connectivity index (χ0n) is 12.0. The molecule has 0 aliphatic heterocycles. The first-order chi connectivity index (χ1) is 10.3. The van der Waals surface area contributed by atoms with Crippen LogP contribution in [0, 0.1) is 0 Å². The van der Waals surface area contributed by atoms with Gasteiger partial charge < -0.3 is 5.32 Å². The van der Waals surface area contributed by atoms with Crippen molar-refractivity contribution in [1.29, 1.82) is 0 Å². The summed E-state index contributed by atoms with van der Waals surface area (Å²) >= 11 is 3.53. The molecule has 3 rings (SSSR count). The third-order valence-corrected chi connectivity index (χ3v) is 4.19. The quantitative estimate of drug-likeness (QED) is 0.679. The molecule has 0 fully saturated rings. The summed E-state index contributed by atoms with van der Waals surface area (Å²) in [5.41, 5.74) is 2.61. The van der Waals surface area contributed by atoms with E-state index in [-0.39, 0.29) is 6.04 Å². The molecule has 0 saturated carbocycles. The number of hydrogen-bond acceptors (Lipinski definition) is 1. The monoisotopic (exact) mass is 339 g/mol. The molecule has 3 aromatic carbocycles. The van der Waals surface area contributed by atoms with Gasteiger partial charge in [-0.25, -0.2) is 0 Å². The summed E-state index contributed by atoms with van der Waals surface area (Å²) in [5, 5.41) is 6.12. The Kier molecular flexibility index (Phi) is 4.37. The van der Waals surface area contributed by atoms with Crippen molar-refractivity contribution in [3.8, 4) is 0 Å². The summed E-state index contributed by atoms with van der Waals surface area (Å²) in [6.45, 7) is 3.09. The van der Waals surface area contributed by atoms with Gasteiger partial charge in [-0.15, -0.1) is 0 Å². The first-order valence-corrected chi connectivity index (χ1v) is 8.05. The van der Waals surface area contributed by atoms with Crippen molar-refractivity contribution >= 4 is 26.7 Å². The molecular weight excluding hydrogens is 322 g/mol. The lowest BCUT2D eigenvalue weighted by Crippen LogP contribution is -2.21. The molecule has 1 N–H and O–H groups in total. The van der Waals surface area contributed by atoms with Crippen molar-refractivity contribution in [3.05, 3.63) is 82.3 Å². The average Bonchev–Trinajstić information content (AvgIpc) is 2.53. The minimum atomic E-state index is 0.240. The van der Waals surface area contributed by atoms with Crippen LogP contribution in [0.25, 0.3) is 10.8 Å². The second-order valence-electron chi connectivity index (χ2n) is 5.15. The highest BCUT2D eigenvalue weighted by Gasteiger charge is 2.12. The maximum Gasteiger partial charge on any atom is 0.0576 e. The van der Waals surface area contributed by atoms with Crippen molar-refractivity contribution in [2.75, 3.05) is 6.54 Å². The number of benzene rings is 3. The van der Waals surface area contributed by atoms with Gasteiger partial charge in [0.15, 0.2) is 0 Å². The van der Waals surface area contributed by atoms with E-state index >= 15 is 0 Å². The van der Waals surface area contributed by atoms with E-state index in [0.29, 0.717) is 0 Å². The molecule has 1 unspecified atom stereocenters. The van der Waals surface area contributed by atoms with Crippen LogP contribution in [-0.2, 0) is 0 Å². The van der Waals surface area contributed by atoms with Crippen molar-refractivity contribution in [2.45, 2.75) is 13.0 Å². The molecule has 0 saturated heterocycles. The molecule has 21 heavy (non-hydrogen) atoms. The number of halogens is 1. The molecule has 106 valence electrons. The molecule has 0 amide bonds. The molecule has 0 aliphatic rings. The number of rotatable bonds is 4. The van der Waals surface area contributed by atoms with Crippen LogP contribution in [-0.4, -0.2) is 6.54 Å². The van der Waals surface area contributed by atoms with E-state index in [0.717, 1.165) is 11.0 Å². The number of nitrogens with one attached hydrogen (secondary N) is 1. The summed E-state index contributed by atoms with van der Waals surface area (Å²) in [6.07, 6.45) is 0. The summed E-state index contributed by atoms with van der Waals surface area (Å²) in [7, 11) is 0. The Hall–Kier alpha value is -1.64. The van der Waals surface area contributed by atoms with Gasteiger partial charge in [0.2, 0.25) is 0 Å². The van der Waals surface area contributed by atoms with E-state index in [1.807, 2.05) is 0 Å². The van der Waals surface area contributed by atoms with Gasteiger partial charge in [-0.3, -0.25) is 0 Å². The average molecular weight is 340 g/mol. The van der Waals surface area contributed by atoms with Gasteiger partial charge in [-0.05, 0) is 46.6 Å². The van der Waals surface area contributed by atoms with Gasteiger partial charge in [0.05, 0.1) is 6.04 Å². The Morgan fingerprint density at radius 1 is 0.857 bits per heavy atom. The maximum absolute atomic E-state index is 3.58. The van der Waals surface area contributed by atoms with E-state index in [1.165, 1.54) is 21.9 Å². The molecule has 0 aromatic heterocycles. The Bertz CT molecular complexity index is 737. The highest BCUT2D eigenvalue weighted by molar-refractivity contribution is 9.10. The summed E-state index contributed by atoms with van der Waals surface area (Å²) in [5.74, 6) is 0. The highest BCUT2D eigenvalue weighted by Crippen LogP contribution is 2.27. The largest absolute Gasteiger partial charge is 0.307 e. The second kappa shape index (κ2) is 6.42. The Balaban J connectivity index is 2.05. The SMILES string of the molecule is CCNC(c1ccccc1)c1ccc2cc(Br)ccc2c1. The lowest BCUT2D eigenvalue weighted by atomic mass is 9.96. The van der Waals surface area contributed by atoms with E-state index in [9.17, 15) is 0 Å². The fraction of sp³-hybridized carbons (Fsp3) is 0.158. The van der Waals surface area contributed by atoms with E-state index in [4.69, 9.17) is 0 Å². The van der Waals surface area contributed by atoms with Gasteiger partial charge in [0, 0.05) is 4.47 Å². The van der Waals surface area contributed by atoms with E-state index in [2.05, 4.69) is 94.9 Å². The zero-order chi connectivity index (χ0) is 14.7. The zero-order valence-corrected chi connectivity index (χ0v) is 13.6. The molecule has 0 heterocycles. The van der Waals surface area contributed by atoms with Gasteiger partial charge in [-0.1, -0.05) is 71.4 Å². The maximum atomic E-state index is 3.58. The van der Waals surface area contributed by atoms with Crippen molar-refractivity contribution in [3.63, 3.8) is 0 Å². The molecule has 1 nitrogen and oxygen atoms in total. The van der Waals surface area contributed by atoms with Crippen LogP contribution in [0.1, 0.15) is 24.1 Å². The predicted octanol–water partition coefficient (Wildman–Crippen LogP) is 5.30. The summed E-state index contributed by atoms with van der Waals surface area (Å²) in [6, 6.07) is 24.0. The molecule has 1 atom stereocenters. The fourth-order valence-corrected chi connectivity index (χ4v) is 3.07. The Morgan fingerprint density at radius 3 is 2.33 bits per heavy atom. The van der Waals surface area contributed by atoms with Crippen molar-refractivity contribution < 1.29 is 0 Å². The molecular formula is C19H18BrN. The normalized spacial score (nSPS) is 12.5. The minimum Gasteiger partial charge on any atom is -0.307 e. The molecule has 0 aliphatic carbocycles. The van der Waals surface area contributed by atoms with Crippen LogP contribution in [0.3, 0.4) is 0 Å². The van der Waals surface area contributed by atoms with Crippen LogP contribution in [0.5, 0.6) is 0 Å². The smallest absolute Gasteiger partial charge is 0.0576 e. The number of fused-ring (bicyclic) bond motifs is 1. The van der Waals surface area contributed by atoms with Crippen LogP contribution >= 0.6 is 15.9 Å². The van der Waals surface area contributed by atoms with Gasteiger partial charge in [0.25, 0.3) is 0 Å². The lowest BCUT2D eigenvalue weighted by Gasteiger charge is -2.19. The standard InChI is InChI=1S/C19H18BrN/c1-2-21-19(14-6-4-3-5-7-14)17-9-8-16-13-18(20)11-10-15(16)12-17/h3-13,19,21H,2H2,1H3. The van der Waals surface area contributed by atoms with Gasteiger partial charge in [-0.2, -0.15) is 0 Å². The minimum absolute atomic E-state index is 0.240. The third-order valence-electron chi connectivity index (χ3n) is 3.70. The van der Waals surface area contributed by atoms with Gasteiger partial charge in [0.1, 0.15) is 0 Å². The van der Waals surface area contributed by atoms with Crippen LogP contribution in [0.15, 0.2) is 71.2 Å². The van der Waals surface area contributed by atoms with Crippen molar-refractivity contribution in [1.82, 2.24) is 5.32 Å². The Morgan fingerprint density at radius 2 is 1.57 bits per heavy atom. The molecule has 0 spiro atoms. The van der Waals surface area contributed by atoms with E-state index in [1.54, 1.807) is 0 Å². The second-order valence-corrected chi connectivity index (χ2v) is 6.07. The fourth-order valence-electron chi connectivity index (χ4n) is 2.69. The van der Waals surface area contributed by atoms with Crippen LogP contribution < -0.4 is 5.32 Å². The molecule has 0 bridgehead atoms. The highest BCUT2D eigenvalue weighted by atomic mass is 79.9. The molecule has 3 aromatic rings. The summed E-state index contributed by atoms with van der Waals surface area (Å²) < 4.78 is 1.12.